The molecule has 1 heterocycles. The zero-order valence-electron chi connectivity index (χ0n) is 4.63. The van der Waals surface area contributed by atoms with Crippen molar-refractivity contribution in [2.75, 3.05) is 19.7 Å². The summed E-state index contributed by atoms with van der Waals surface area (Å²) in [4.78, 5) is 5.00. The Morgan fingerprint density at radius 3 is 3.12 bits per heavy atom. The molecule has 1 rings (SSSR count). The van der Waals surface area contributed by atoms with Gasteiger partial charge in [0.15, 0.2) is 0 Å². The molecule has 0 spiro atoms. The lowest BCUT2D eigenvalue weighted by molar-refractivity contribution is -0.0988. The highest BCUT2D eigenvalue weighted by molar-refractivity contribution is 4.73. The first-order valence-corrected chi connectivity index (χ1v) is 2.68. The van der Waals surface area contributed by atoms with E-state index in [9.17, 15) is 0 Å². The highest BCUT2D eigenvalue weighted by atomic mass is 16.7. The molecule has 0 aromatic heterocycles. The van der Waals surface area contributed by atoms with Gasteiger partial charge in [-0.05, 0) is 6.42 Å². The van der Waals surface area contributed by atoms with Crippen molar-refractivity contribution in [1.29, 1.82) is 5.26 Å². The van der Waals surface area contributed by atoms with E-state index in [1.54, 1.807) is 5.06 Å². The maximum Gasteiger partial charge on any atom is 0.111 e. The second-order valence-corrected chi connectivity index (χ2v) is 1.71. The second-order valence-electron chi connectivity index (χ2n) is 1.71. The quantitative estimate of drug-likeness (QED) is 0.453. The van der Waals surface area contributed by atoms with Crippen LogP contribution in [0.2, 0.25) is 0 Å². The van der Waals surface area contributed by atoms with Crippen LogP contribution in [-0.2, 0) is 4.84 Å². The molecule has 3 nitrogen and oxygen atoms in total. The van der Waals surface area contributed by atoms with E-state index in [1.165, 1.54) is 0 Å². The van der Waals surface area contributed by atoms with Gasteiger partial charge in [-0.25, -0.2) is 0 Å². The number of nitrogens with zero attached hydrogens (tertiary/aromatic N) is 2. The van der Waals surface area contributed by atoms with Crippen LogP contribution in [0, 0.1) is 11.3 Å². The Morgan fingerprint density at radius 1 is 1.75 bits per heavy atom. The molecular formula is C5H8N2O. The molecule has 0 amide bonds. The Morgan fingerprint density at radius 2 is 2.62 bits per heavy atom. The summed E-state index contributed by atoms with van der Waals surface area (Å²) in [6.07, 6.45) is 1.06. The molecule has 0 saturated carbocycles. The van der Waals surface area contributed by atoms with Crippen molar-refractivity contribution in [3.63, 3.8) is 0 Å². The average Bonchev–Trinajstić information content (AvgIpc) is 2.19. The molecule has 1 saturated heterocycles. The molecule has 0 bridgehead atoms. The van der Waals surface area contributed by atoms with Crippen LogP contribution >= 0.6 is 0 Å². The number of hydroxylamine groups is 2. The Balaban J connectivity index is 2.17. The van der Waals surface area contributed by atoms with Crippen LogP contribution in [0.25, 0.3) is 0 Å². The fourth-order valence-electron chi connectivity index (χ4n) is 0.703. The van der Waals surface area contributed by atoms with Gasteiger partial charge in [0.05, 0.1) is 12.7 Å². The molecule has 1 aliphatic heterocycles. The van der Waals surface area contributed by atoms with E-state index >= 15 is 0 Å². The first kappa shape index (κ1) is 5.54. The largest absolute Gasteiger partial charge is 0.298 e. The van der Waals surface area contributed by atoms with Crippen LogP contribution in [-0.4, -0.2) is 24.8 Å². The third kappa shape index (κ3) is 1.19. The molecule has 1 aliphatic rings. The summed E-state index contributed by atoms with van der Waals surface area (Å²) in [6, 6.07) is 2.01. The summed E-state index contributed by atoms with van der Waals surface area (Å²) in [5.41, 5.74) is 0. The maximum absolute atomic E-state index is 8.15. The lowest BCUT2D eigenvalue weighted by Crippen LogP contribution is -2.17. The van der Waals surface area contributed by atoms with E-state index in [2.05, 4.69) is 0 Å². The third-order valence-corrected chi connectivity index (χ3v) is 1.07. The SMILES string of the molecule is N#CCN1CCCO1. The number of rotatable bonds is 1. The van der Waals surface area contributed by atoms with Crippen molar-refractivity contribution in [1.82, 2.24) is 5.06 Å². The van der Waals surface area contributed by atoms with Crippen molar-refractivity contribution in [2.24, 2.45) is 0 Å². The Hall–Kier alpha value is -0.590. The highest BCUT2D eigenvalue weighted by Crippen LogP contribution is 2.01. The average molecular weight is 112 g/mol. The predicted molar refractivity (Wildman–Crippen MR) is 27.8 cm³/mol. The minimum atomic E-state index is 0.403. The predicted octanol–water partition coefficient (Wildman–Crippen LogP) is 0.147. The minimum absolute atomic E-state index is 0.403. The molecule has 0 radical (unpaired) electrons. The molecule has 0 unspecified atom stereocenters. The monoisotopic (exact) mass is 112 g/mol. The highest BCUT2D eigenvalue weighted by Gasteiger charge is 2.09. The lowest BCUT2D eigenvalue weighted by Gasteiger charge is -2.05. The van der Waals surface area contributed by atoms with Crippen LogP contribution in [0.4, 0.5) is 0 Å². The van der Waals surface area contributed by atoms with Crippen molar-refractivity contribution < 1.29 is 4.84 Å². The fraction of sp³-hybridized carbons (Fsp3) is 0.800. The molecule has 1 fully saturated rings. The molecule has 0 atom stereocenters. The maximum atomic E-state index is 8.15. The van der Waals surface area contributed by atoms with Crippen LogP contribution in [0.5, 0.6) is 0 Å². The number of nitriles is 1. The van der Waals surface area contributed by atoms with E-state index in [1.807, 2.05) is 6.07 Å². The molecule has 0 aliphatic carbocycles. The standard InChI is InChI=1S/C5H8N2O/c6-2-4-7-3-1-5-8-7/h1,3-5H2. The third-order valence-electron chi connectivity index (χ3n) is 1.07. The van der Waals surface area contributed by atoms with Gasteiger partial charge in [-0.1, -0.05) is 0 Å². The normalized spacial score (nSPS) is 20.9. The molecule has 3 heteroatoms. The Bertz CT molecular complexity index is 101. The molecule has 8 heavy (non-hydrogen) atoms. The molecule has 0 aromatic carbocycles. The molecular weight excluding hydrogens is 104 g/mol. The Kier molecular flexibility index (Phi) is 1.84. The summed E-state index contributed by atoms with van der Waals surface area (Å²) < 4.78 is 0. The van der Waals surface area contributed by atoms with Gasteiger partial charge in [-0.3, -0.25) is 4.84 Å². The number of hydrogen-bond donors (Lipinski definition) is 0. The minimum Gasteiger partial charge on any atom is -0.298 e. The van der Waals surface area contributed by atoms with Gasteiger partial charge in [0.2, 0.25) is 0 Å². The van der Waals surface area contributed by atoms with Gasteiger partial charge in [0, 0.05) is 6.54 Å². The number of hydrogen-bond acceptors (Lipinski definition) is 3. The van der Waals surface area contributed by atoms with Gasteiger partial charge in [0.25, 0.3) is 0 Å². The van der Waals surface area contributed by atoms with Crippen molar-refractivity contribution >= 4 is 0 Å². The summed E-state index contributed by atoms with van der Waals surface area (Å²) in [6.45, 7) is 2.09. The van der Waals surface area contributed by atoms with E-state index < -0.39 is 0 Å². The van der Waals surface area contributed by atoms with Gasteiger partial charge in [-0.15, -0.1) is 0 Å². The van der Waals surface area contributed by atoms with E-state index in [0.29, 0.717) is 6.54 Å². The van der Waals surface area contributed by atoms with Gasteiger partial charge in [0.1, 0.15) is 6.54 Å². The van der Waals surface area contributed by atoms with Gasteiger partial charge in [-0.2, -0.15) is 10.3 Å². The first-order valence-electron chi connectivity index (χ1n) is 2.68. The Labute approximate surface area is 48.4 Å². The van der Waals surface area contributed by atoms with Crippen molar-refractivity contribution in [3.05, 3.63) is 0 Å². The first-order chi connectivity index (χ1) is 3.93. The van der Waals surface area contributed by atoms with Crippen LogP contribution in [0.3, 0.4) is 0 Å². The summed E-state index contributed by atoms with van der Waals surface area (Å²) in [5.74, 6) is 0. The van der Waals surface area contributed by atoms with Gasteiger partial charge >= 0.3 is 0 Å². The molecule has 44 valence electrons. The van der Waals surface area contributed by atoms with Crippen LogP contribution < -0.4 is 0 Å². The lowest BCUT2D eigenvalue weighted by atomic mass is 10.5. The summed E-state index contributed by atoms with van der Waals surface area (Å²) in [5, 5.41) is 9.84. The van der Waals surface area contributed by atoms with E-state index in [0.717, 1.165) is 19.6 Å². The summed E-state index contributed by atoms with van der Waals surface area (Å²) in [7, 11) is 0. The zero-order chi connectivity index (χ0) is 5.82. The smallest absolute Gasteiger partial charge is 0.111 e. The van der Waals surface area contributed by atoms with Crippen molar-refractivity contribution in [2.45, 2.75) is 6.42 Å². The molecule has 0 N–H and O–H groups in total. The summed E-state index contributed by atoms with van der Waals surface area (Å²) >= 11 is 0. The fourth-order valence-corrected chi connectivity index (χ4v) is 0.703. The van der Waals surface area contributed by atoms with E-state index in [-0.39, 0.29) is 0 Å². The van der Waals surface area contributed by atoms with Crippen LogP contribution in [0.1, 0.15) is 6.42 Å². The molecule has 0 aromatic rings. The second kappa shape index (κ2) is 2.65. The van der Waals surface area contributed by atoms with Crippen molar-refractivity contribution in [3.8, 4) is 6.07 Å². The zero-order valence-corrected chi connectivity index (χ0v) is 4.63. The van der Waals surface area contributed by atoms with Crippen LogP contribution in [0.15, 0.2) is 0 Å². The van der Waals surface area contributed by atoms with E-state index in [4.69, 9.17) is 10.1 Å². The topological polar surface area (TPSA) is 36.3 Å². The van der Waals surface area contributed by atoms with Gasteiger partial charge < -0.3 is 0 Å².